The van der Waals surface area contributed by atoms with Gasteiger partial charge in [0.05, 0.1) is 0 Å². The molecule has 0 aromatic heterocycles. The minimum Gasteiger partial charge on any atom is -0.313 e. The van der Waals surface area contributed by atoms with E-state index in [9.17, 15) is 0 Å². The molecule has 102 valence electrons. The molecule has 1 heterocycles. The van der Waals surface area contributed by atoms with Crippen molar-refractivity contribution in [2.24, 2.45) is 5.41 Å². The lowest BCUT2D eigenvalue weighted by Crippen LogP contribution is -2.42. The highest BCUT2D eigenvalue weighted by Gasteiger charge is 2.25. The lowest BCUT2D eigenvalue weighted by molar-refractivity contribution is 0.329. The summed E-state index contributed by atoms with van der Waals surface area (Å²) in [7, 11) is 0. The molecule has 1 nitrogen and oxygen atoms in total. The summed E-state index contributed by atoms with van der Waals surface area (Å²) in [4.78, 5) is 0. The topological polar surface area (TPSA) is 12.0 Å². The van der Waals surface area contributed by atoms with Crippen LogP contribution in [0.3, 0.4) is 0 Å². The molecule has 0 radical (unpaired) electrons. The van der Waals surface area contributed by atoms with Crippen LogP contribution in [0.2, 0.25) is 0 Å². The van der Waals surface area contributed by atoms with Crippen LogP contribution in [0.4, 0.5) is 0 Å². The van der Waals surface area contributed by atoms with Crippen molar-refractivity contribution in [2.75, 3.05) is 23.8 Å². The van der Waals surface area contributed by atoms with Gasteiger partial charge in [-0.15, -0.1) is 0 Å². The van der Waals surface area contributed by atoms with E-state index < -0.39 is 0 Å². The van der Waals surface area contributed by atoms with Crippen LogP contribution in [0.5, 0.6) is 0 Å². The van der Waals surface area contributed by atoms with Crippen molar-refractivity contribution in [2.45, 2.75) is 58.2 Å². The van der Waals surface area contributed by atoms with E-state index in [0.29, 0.717) is 5.41 Å². The Balaban J connectivity index is 2.40. The van der Waals surface area contributed by atoms with Gasteiger partial charge in [0.15, 0.2) is 0 Å². The van der Waals surface area contributed by atoms with Crippen LogP contribution in [-0.4, -0.2) is 35.1 Å². The monoisotopic (exact) mass is 275 g/mol. The van der Waals surface area contributed by atoms with Crippen LogP contribution in [0.25, 0.3) is 0 Å². The van der Waals surface area contributed by atoms with Gasteiger partial charge in [-0.3, -0.25) is 0 Å². The van der Waals surface area contributed by atoms with Gasteiger partial charge >= 0.3 is 0 Å². The molecule has 0 saturated carbocycles. The van der Waals surface area contributed by atoms with Crippen molar-refractivity contribution in [1.82, 2.24) is 5.32 Å². The van der Waals surface area contributed by atoms with E-state index in [2.05, 4.69) is 56.5 Å². The highest BCUT2D eigenvalue weighted by molar-refractivity contribution is 8.06. The average molecular weight is 276 g/mol. The van der Waals surface area contributed by atoms with Crippen LogP contribution in [0, 0.1) is 5.41 Å². The van der Waals surface area contributed by atoms with Crippen molar-refractivity contribution in [3.05, 3.63) is 0 Å². The summed E-state index contributed by atoms with van der Waals surface area (Å²) in [5.74, 6) is 4.03. The summed E-state index contributed by atoms with van der Waals surface area (Å²) in [6.07, 6.45) is 3.91. The Morgan fingerprint density at radius 3 is 2.59 bits per heavy atom. The quantitative estimate of drug-likeness (QED) is 0.786. The fourth-order valence-electron chi connectivity index (χ4n) is 2.08. The van der Waals surface area contributed by atoms with Crippen molar-refractivity contribution < 1.29 is 0 Å². The maximum absolute atomic E-state index is 3.78. The SMILES string of the molecule is CCCNC(CCC(C)(C)C)C1CSCCS1. The minimum atomic E-state index is 0.471. The summed E-state index contributed by atoms with van der Waals surface area (Å²) in [5.41, 5.74) is 0.471. The molecule has 1 fully saturated rings. The van der Waals surface area contributed by atoms with E-state index in [1.165, 1.54) is 43.1 Å². The zero-order chi connectivity index (χ0) is 12.7. The van der Waals surface area contributed by atoms with Crippen LogP contribution in [0.15, 0.2) is 0 Å². The van der Waals surface area contributed by atoms with Gasteiger partial charge < -0.3 is 5.32 Å². The Bertz CT molecular complexity index is 195. The molecule has 0 amide bonds. The fraction of sp³-hybridized carbons (Fsp3) is 1.00. The largest absolute Gasteiger partial charge is 0.313 e. The molecule has 0 spiro atoms. The van der Waals surface area contributed by atoms with Gasteiger partial charge in [0.2, 0.25) is 0 Å². The van der Waals surface area contributed by atoms with E-state index in [-0.39, 0.29) is 0 Å². The first kappa shape index (κ1) is 15.7. The maximum Gasteiger partial charge on any atom is 0.0292 e. The van der Waals surface area contributed by atoms with Gasteiger partial charge in [-0.2, -0.15) is 23.5 Å². The molecular weight excluding hydrogens is 246 g/mol. The number of hydrogen-bond acceptors (Lipinski definition) is 3. The van der Waals surface area contributed by atoms with Gasteiger partial charge in [-0.1, -0.05) is 27.7 Å². The number of rotatable bonds is 6. The molecule has 1 aliphatic heterocycles. The predicted octanol–water partition coefficient (Wildman–Crippen LogP) is 4.03. The molecule has 0 aromatic carbocycles. The molecule has 2 unspecified atom stereocenters. The Morgan fingerprint density at radius 1 is 1.29 bits per heavy atom. The number of nitrogens with one attached hydrogen (secondary N) is 1. The van der Waals surface area contributed by atoms with Gasteiger partial charge in [-0.25, -0.2) is 0 Å². The minimum absolute atomic E-state index is 0.471. The third-order valence-electron chi connectivity index (χ3n) is 3.15. The summed E-state index contributed by atoms with van der Waals surface area (Å²) >= 11 is 4.33. The molecule has 2 atom stereocenters. The molecular formula is C14H29NS2. The van der Waals surface area contributed by atoms with Crippen molar-refractivity contribution in [1.29, 1.82) is 0 Å². The first-order valence-electron chi connectivity index (χ1n) is 6.95. The van der Waals surface area contributed by atoms with Crippen LogP contribution in [0.1, 0.15) is 47.0 Å². The van der Waals surface area contributed by atoms with Crippen LogP contribution in [-0.2, 0) is 0 Å². The Hall–Kier alpha value is 0.660. The fourth-order valence-corrected chi connectivity index (χ4v) is 5.00. The third-order valence-corrected chi connectivity index (χ3v) is 6.07. The molecule has 3 heteroatoms. The van der Waals surface area contributed by atoms with E-state index in [4.69, 9.17) is 0 Å². The van der Waals surface area contributed by atoms with Gasteiger partial charge in [0.25, 0.3) is 0 Å². The molecule has 1 N–H and O–H groups in total. The maximum atomic E-state index is 3.78. The van der Waals surface area contributed by atoms with Gasteiger partial charge in [0.1, 0.15) is 0 Å². The van der Waals surface area contributed by atoms with E-state index in [0.717, 1.165) is 11.3 Å². The summed E-state index contributed by atoms with van der Waals surface area (Å²) in [6.45, 7) is 10.5. The van der Waals surface area contributed by atoms with Crippen LogP contribution >= 0.6 is 23.5 Å². The molecule has 0 aliphatic carbocycles. The number of thioether (sulfide) groups is 2. The normalized spacial score (nSPS) is 23.6. The van der Waals surface area contributed by atoms with E-state index in [1.54, 1.807) is 0 Å². The molecule has 1 aliphatic rings. The lowest BCUT2D eigenvalue weighted by atomic mass is 9.88. The highest BCUT2D eigenvalue weighted by Crippen LogP contribution is 2.30. The molecule has 1 rings (SSSR count). The predicted molar refractivity (Wildman–Crippen MR) is 84.3 cm³/mol. The number of hydrogen-bond donors (Lipinski definition) is 1. The molecule has 17 heavy (non-hydrogen) atoms. The second kappa shape index (κ2) is 7.96. The molecule has 0 aromatic rings. The average Bonchev–Trinajstić information content (AvgIpc) is 2.29. The van der Waals surface area contributed by atoms with Crippen molar-refractivity contribution in [3.8, 4) is 0 Å². The van der Waals surface area contributed by atoms with E-state index in [1.807, 2.05) is 0 Å². The second-order valence-electron chi connectivity index (χ2n) is 6.14. The first-order chi connectivity index (χ1) is 8.03. The Labute approximate surface area is 116 Å². The van der Waals surface area contributed by atoms with Gasteiger partial charge in [0, 0.05) is 28.6 Å². The Morgan fingerprint density at radius 2 is 2.06 bits per heavy atom. The summed E-state index contributed by atoms with van der Waals surface area (Å²) < 4.78 is 0. The van der Waals surface area contributed by atoms with Gasteiger partial charge in [-0.05, 0) is 31.2 Å². The van der Waals surface area contributed by atoms with Crippen molar-refractivity contribution >= 4 is 23.5 Å². The summed E-state index contributed by atoms with van der Waals surface area (Å²) in [6, 6.07) is 0.729. The zero-order valence-electron chi connectivity index (χ0n) is 11.9. The van der Waals surface area contributed by atoms with Crippen molar-refractivity contribution in [3.63, 3.8) is 0 Å². The zero-order valence-corrected chi connectivity index (χ0v) is 13.6. The van der Waals surface area contributed by atoms with E-state index >= 15 is 0 Å². The Kier molecular flexibility index (Phi) is 7.36. The third kappa shape index (κ3) is 6.97. The van der Waals surface area contributed by atoms with Crippen LogP contribution < -0.4 is 5.32 Å². The second-order valence-corrected chi connectivity index (χ2v) is 8.64. The molecule has 0 bridgehead atoms. The lowest BCUT2D eigenvalue weighted by Gasteiger charge is -2.32. The standard InChI is InChI=1S/C14H29NS2/c1-5-8-15-12(6-7-14(2,3)4)13-11-16-9-10-17-13/h12-13,15H,5-11H2,1-4H3. The smallest absolute Gasteiger partial charge is 0.0292 e. The molecule has 1 saturated heterocycles. The highest BCUT2D eigenvalue weighted by atomic mass is 32.2. The summed E-state index contributed by atoms with van der Waals surface area (Å²) in [5, 5.41) is 4.61. The first-order valence-corrected chi connectivity index (χ1v) is 9.16.